The SMILES string of the molecule is CCSC1CCCC1NCC(C)CC. The highest BCUT2D eigenvalue weighted by atomic mass is 32.2. The van der Waals surface area contributed by atoms with Crippen LogP contribution in [0.25, 0.3) is 0 Å². The molecule has 0 aromatic carbocycles. The Bertz CT molecular complexity index is 149. The fraction of sp³-hybridized carbons (Fsp3) is 1.00. The summed E-state index contributed by atoms with van der Waals surface area (Å²) in [6.07, 6.45) is 5.55. The van der Waals surface area contributed by atoms with Gasteiger partial charge in [-0.3, -0.25) is 0 Å². The molecule has 1 rings (SSSR count). The third-order valence-corrected chi connectivity index (χ3v) is 4.58. The van der Waals surface area contributed by atoms with Crippen molar-refractivity contribution in [2.45, 2.75) is 57.7 Å². The van der Waals surface area contributed by atoms with E-state index in [1.54, 1.807) is 0 Å². The first-order chi connectivity index (χ1) is 6.77. The smallest absolute Gasteiger partial charge is 0.0201 e. The van der Waals surface area contributed by atoms with E-state index in [1.807, 2.05) is 0 Å². The van der Waals surface area contributed by atoms with Gasteiger partial charge in [-0.05, 0) is 31.1 Å². The van der Waals surface area contributed by atoms with E-state index in [2.05, 4.69) is 37.8 Å². The molecule has 0 aliphatic heterocycles. The fourth-order valence-electron chi connectivity index (χ4n) is 2.07. The van der Waals surface area contributed by atoms with Crippen LogP contribution in [0.15, 0.2) is 0 Å². The Balaban J connectivity index is 2.21. The Labute approximate surface area is 93.4 Å². The maximum absolute atomic E-state index is 3.75. The molecule has 14 heavy (non-hydrogen) atoms. The van der Waals surface area contributed by atoms with Gasteiger partial charge in [0.25, 0.3) is 0 Å². The summed E-state index contributed by atoms with van der Waals surface area (Å²) in [5, 5.41) is 4.64. The highest BCUT2D eigenvalue weighted by molar-refractivity contribution is 7.99. The molecule has 0 heterocycles. The Hall–Kier alpha value is 0.310. The van der Waals surface area contributed by atoms with E-state index in [0.29, 0.717) is 0 Å². The molecule has 0 saturated heterocycles. The molecule has 84 valence electrons. The minimum Gasteiger partial charge on any atom is -0.313 e. The molecule has 3 atom stereocenters. The largest absolute Gasteiger partial charge is 0.313 e. The van der Waals surface area contributed by atoms with Crippen LogP contribution in [0.2, 0.25) is 0 Å². The minimum absolute atomic E-state index is 0.800. The molecule has 1 N–H and O–H groups in total. The molecular weight excluding hydrogens is 190 g/mol. The van der Waals surface area contributed by atoms with Crippen LogP contribution in [-0.2, 0) is 0 Å². The number of hydrogen-bond donors (Lipinski definition) is 1. The van der Waals surface area contributed by atoms with Gasteiger partial charge in [-0.15, -0.1) is 0 Å². The molecule has 2 heteroatoms. The molecule has 0 aromatic heterocycles. The lowest BCUT2D eigenvalue weighted by Gasteiger charge is -2.22. The van der Waals surface area contributed by atoms with Gasteiger partial charge in [0, 0.05) is 11.3 Å². The summed E-state index contributed by atoms with van der Waals surface area (Å²) in [6, 6.07) is 0.800. The Morgan fingerprint density at radius 2 is 2.14 bits per heavy atom. The Morgan fingerprint density at radius 1 is 1.36 bits per heavy atom. The second-order valence-corrected chi connectivity index (χ2v) is 5.97. The zero-order valence-electron chi connectivity index (χ0n) is 9.88. The number of rotatable bonds is 6. The summed E-state index contributed by atoms with van der Waals surface area (Å²) in [6.45, 7) is 8.10. The van der Waals surface area contributed by atoms with E-state index in [0.717, 1.165) is 17.2 Å². The zero-order chi connectivity index (χ0) is 10.4. The van der Waals surface area contributed by atoms with Crippen molar-refractivity contribution in [3.8, 4) is 0 Å². The van der Waals surface area contributed by atoms with Gasteiger partial charge in [0.1, 0.15) is 0 Å². The third kappa shape index (κ3) is 3.82. The van der Waals surface area contributed by atoms with Crippen LogP contribution in [0.1, 0.15) is 46.5 Å². The third-order valence-electron chi connectivity index (χ3n) is 3.26. The van der Waals surface area contributed by atoms with Crippen LogP contribution in [0, 0.1) is 5.92 Å². The summed E-state index contributed by atoms with van der Waals surface area (Å²) >= 11 is 2.14. The van der Waals surface area contributed by atoms with E-state index in [9.17, 15) is 0 Å². The quantitative estimate of drug-likeness (QED) is 0.729. The maximum atomic E-state index is 3.75. The van der Waals surface area contributed by atoms with Crippen LogP contribution >= 0.6 is 11.8 Å². The van der Waals surface area contributed by atoms with Crippen molar-refractivity contribution in [1.29, 1.82) is 0 Å². The van der Waals surface area contributed by atoms with Crippen molar-refractivity contribution in [2.75, 3.05) is 12.3 Å². The normalized spacial score (nSPS) is 29.4. The van der Waals surface area contributed by atoms with Crippen LogP contribution in [0.4, 0.5) is 0 Å². The second-order valence-electron chi connectivity index (χ2n) is 4.45. The Kier molecular flexibility index (Phi) is 5.95. The molecule has 0 bridgehead atoms. The van der Waals surface area contributed by atoms with Gasteiger partial charge >= 0.3 is 0 Å². The van der Waals surface area contributed by atoms with Crippen LogP contribution in [-0.4, -0.2) is 23.6 Å². The van der Waals surface area contributed by atoms with Crippen LogP contribution in [0.3, 0.4) is 0 Å². The molecular formula is C12H25NS. The van der Waals surface area contributed by atoms with Crippen LogP contribution in [0.5, 0.6) is 0 Å². The maximum Gasteiger partial charge on any atom is 0.0201 e. The average molecular weight is 215 g/mol. The molecule has 0 radical (unpaired) electrons. The number of nitrogens with one attached hydrogen (secondary N) is 1. The number of hydrogen-bond acceptors (Lipinski definition) is 2. The topological polar surface area (TPSA) is 12.0 Å². The van der Waals surface area contributed by atoms with Crippen molar-refractivity contribution >= 4 is 11.8 Å². The first-order valence-electron chi connectivity index (χ1n) is 6.12. The van der Waals surface area contributed by atoms with Gasteiger partial charge < -0.3 is 5.32 Å². The first-order valence-corrected chi connectivity index (χ1v) is 7.17. The van der Waals surface area contributed by atoms with Crippen molar-refractivity contribution in [1.82, 2.24) is 5.32 Å². The molecule has 1 aliphatic carbocycles. The van der Waals surface area contributed by atoms with Crippen LogP contribution < -0.4 is 5.32 Å². The number of thioether (sulfide) groups is 1. The molecule has 0 aromatic rings. The molecule has 0 amide bonds. The minimum atomic E-state index is 0.800. The summed E-state index contributed by atoms with van der Waals surface area (Å²) in [5.41, 5.74) is 0. The summed E-state index contributed by atoms with van der Waals surface area (Å²) < 4.78 is 0. The predicted molar refractivity (Wildman–Crippen MR) is 67.0 cm³/mol. The van der Waals surface area contributed by atoms with Crippen molar-refractivity contribution in [3.05, 3.63) is 0 Å². The first kappa shape index (κ1) is 12.4. The standard InChI is InChI=1S/C12H25NS/c1-4-10(3)9-13-11-7-6-8-12(11)14-5-2/h10-13H,4-9H2,1-3H3. The zero-order valence-corrected chi connectivity index (χ0v) is 10.7. The van der Waals surface area contributed by atoms with Gasteiger partial charge in [0.2, 0.25) is 0 Å². The van der Waals surface area contributed by atoms with Gasteiger partial charge in [-0.25, -0.2) is 0 Å². The van der Waals surface area contributed by atoms with E-state index in [4.69, 9.17) is 0 Å². The van der Waals surface area contributed by atoms with Gasteiger partial charge in [0.05, 0.1) is 0 Å². The fourth-order valence-corrected chi connectivity index (χ4v) is 3.30. The average Bonchev–Trinajstić information content (AvgIpc) is 2.62. The molecule has 1 fully saturated rings. The molecule has 1 nitrogen and oxygen atoms in total. The van der Waals surface area contributed by atoms with Crippen molar-refractivity contribution in [3.63, 3.8) is 0 Å². The van der Waals surface area contributed by atoms with E-state index in [1.165, 1.54) is 38.0 Å². The molecule has 1 saturated carbocycles. The summed E-state index contributed by atoms with van der Waals surface area (Å²) in [7, 11) is 0. The lowest BCUT2D eigenvalue weighted by molar-refractivity contribution is 0.445. The van der Waals surface area contributed by atoms with Crippen molar-refractivity contribution in [2.24, 2.45) is 5.92 Å². The van der Waals surface area contributed by atoms with Gasteiger partial charge in [-0.1, -0.05) is 33.6 Å². The highest BCUT2D eigenvalue weighted by Gasteiger charge is 2.26. The summed E-state index contributed by atoms with van der Waals surface area (Å²) in [5.74, 6) is 2.11. The molecule has 0 spiro atoms. The van der Waals surface area contributed by atoms with E-state index < -0.39 is 0 Å². The summed E-state index contributed by atoms with van der Waals surface area (Å²) in [4.78, 5) is 0. The highest BCUT2D eigenvalue weighted by Crippen LogP contribution is 2.29. The molecule has 3 unspecified atom stereocenters. The molecule has 1 aliphatic rings. The van der Waals surface area contributed by atoms with E-state index in [-0.39, 0.29) is 0 Å². The lowest BCUT2D eigenvalue weighted by atomic mass is 10.1. The van der Waals surface area contributed by atoms with Crippen molar-refractivity contribution < 1.29 is 0 Å². The second kappa shape index (κ2) is 6.73. The van der Waals surface area contributed by atoms with E-state index >= 15 is 0 Å². The lowest BCUT2D eigenvalue weighted by Crippen LogP contribution is -2.36. The predicted octanol–water partition coefficient (Wildman–Crippen LogP) is 3.30. The monoisotopic (exact) mass is 215 g/mol. The van der Waals surface area contributed by atoms with Gasteiger partial charge in [-0.2, -0.15) is 11.8 Å². The van der Waals surface area contributed by atoms with Gasteiger partial charge in [0.15, 0.2) is 0 Å². The Morgan fingerprint density at radius 3 is 2.79 bits per heavy atom.